The highest BCUT2D eigenvalue weighted by atomic mass is 16.5. The van der Waals surface area contributed by atoms with Crippen LogP contribution in [0.3, 0.4) is 0 Å². The van der Waals surface area contributed by atoms with Crippen LogP contribution in [0.2, 0.25) is 0 Å². The Morgan fingerprint density at radius 3 is 2.57 bits per heavy atom. The van der Waals surface area contributed by atoms with Crippen LogP contribution in [0, 0.1) is 5.92 Å². The van der Waals surface area contributed by atoms with Crippen LogP contribution in [0.4, 0.5) is 11.4 Å². The van der Waals surface area contributed by atoms with E-state index in [9.17, 15) is 9.59 Å². The molecule has 1 N–H and O–H groups in total. The van der Waals surface area contributed by atoms with E-state index in [4.69, 9.17) is 9.47 Å². The number of aryl methyl sites for hydroxylation is 1. The molecule has 1 heterocycles. The molecule has 6 nitrogen and oxygen atoms in total. The lowest BCUT2D eigenvalue weighted by Crippen LogP contribution is -2.38. The largest absolute Gasteiger partial charge is 0.493 e. The predicted molar refractivity (Wildman–Crippen MR) is 109 cm³/mol. The number of amides is 2. The number of ether oxygens (including phenoxy) is 2. The van der Waals surface area contributed by atoms with Crippen molar-refractivity contribution in [2.75, 3.05) is 31.0 Å². The topological polar surface area (TPSA) is 67.9 Å². The summed E-state index contributed by atoms with van der Waals surface area (Å²) in [6.45, 7) is 4.50. The molecule has 1 aliphatic heterocycles. The lowest BCUT2D eigenvalue weighted by Gasteiger charge is -2.31. The van der Waals surface area contributed by atoms with E-state index in [1.54, 1.807) is 18.2 Å². The molecule has 2 amide bonds. The molecule has 1 aliphatic rings. The molecule has 0 spiro atoms. The number of hydrogen-bond acceptors (Lipinski definition) is 4. The van der Waals surface area contributed by atoms with Crippen molar-refractivity contribution in [3.63, 3.8) is 0 Å². The number of nitrogens with zero attached hydrogens (tertiary/aromatic N) is 1. The maximum Gasteiger partial charge on any atom is 0.259 e. The molecule has 0 saturated carbocycles. The van der Waals surface area contributed by atoms with Gasteiger partial charge in [0, 0.05) is 23.8 Å². The molecular weight excluding hydrogens is 356 g/mol. The van der Waals surface area contributed by atoms with Crippen LogP contribution in [0.5, 0.6) is 11.5 Å². The van der Waals surface area contributed by atoms with Crippen molar-refractivity contribution in [3.8, 4) is 11.5 Å². The highest BCUT2D eigenvalue weighted by molar-refractivity contribution is 6.07. The summed E-state index contributed by atoms with van der Waals surface area (Å²) >= 11 is 0. The molecule has 0 saturated heterocycles. The van der Waals surface area contributed by atoms with Crippen LogP contribution in [0.25, 0.3) is 0 Å². The highest BCUT2D eigenvalue weighted by Crippen LogP contribution is 2.33. The van der Waals surface area contributed by atoms with Gasteiger partial charge in [-0.05, 0) is 42.7 Å². The first kappa shape index (κ1) is 19.7. The molecule has 0 aliphatic carbocycles. The van der Waals surface area contributed by atoms with Crippen molar-refractivity contribution in [3.05, 3.63) is 47.5 Å². The van der Waals surface area contributed by atoms with Crippen LogP contribution >= 0.6 is 0 Å². The number of benzene rings is 2. The first-order chi connectivity index (χ1) is 13.5. The molecule has 0 fully saturated rings. The number of carbonyl (C=O) groups excluding carboxylic acids is 2. The van der Waals surface area contributed by atoms with Crippen molar-refractivity contribution in [2.45, 2.75) is 26.7 Å². The van der Waals surface area contributed by atoms with Crippen LogP contribution in [0.15, 0.2) is 36.4 Å². The van der Waals surface area contributed by atoms with Gasteiger partial charge in [0.05, 0.1) is 19.8 Å². The number of hydrogen-bond donors (Lipinski definition) is 1. The van der Waals surface area contributed by atoms with E-state index in [0.29, 0.717) is 29.3 Å². The summed E-state index contributed by atoms with van der Waals surface area (Å²) in [5, 5.41) is 2.91. The van der Waals surface area contributed by atoms with Crippen LogP contribution in [-0.4, -0.2) is 32.6 Å². The Hall–Kier alpha value is -3.02. The Kier molecular flexibility index (Phi) is 5.87. The van der Waals surface area contributed by atoms with Gasteiger partial charge in [0.25, 0.3) is 5.91 Å². The highest BCUT2D eigenvalue weighted by Gasteiger charge is 2.25. The average Bonchev–Trinajstić information content (AvgIpc) is 2.71. The minimum absolute atomic E-state index is 0.0785. The minimum atomic E-state index is -0.298. The molecule has 148 valence electrons. The van der Waals surface area contributed by atoms with Crippen molar-refractivity contribution in [2.24, 2.45) is 5.92 Å². The van der Waals surface area contributed by atoms with Gasteiger partial charge in [0.2, 0.25) is 5.91 Å². The number of nitrogens with one attached hydrogen (secondary N) is 1. The first-order valence-electron chi connectivity index (χ1n) is 9.43. The van der Waals surface area contributed by atoms with Gasteiger partial charge >= 0.3 is 0 Å². The van der Waals surface area contributed by atoms with Gasteiger partial charge in [0.15, 0.2) is 11.5 Å². The quantitative estimate of drug-likeness (QED) is 0.852. The fraction of sp³-hybridized carbons (Fsp3) is 0.364. The second-order valence-corrected chi connectivity index (χ2v) is 7.09. The SMILES string of the molecule is COc1cccc(C(=O)Nc2ccc3c(c2)N(C(=O)C(C)C)CCC3)c1OC. The standard InChI is InChI=1S/C22H26N2O4/c1-14(2)22(26)24-12-6-7-15-10-11-16(13-18(15)24)23-21(25)17-8-5-9-19(27-3)20(17)28-4/h5,8-11,13-14H,6-7,12H2,1-4H3,(H,23,25). The smallest absolute Gasteiger partial charge is 0.259 e. The molecule has 2 aromatic carbocycles. The molecule has 0 radical (unpaired) electrons. The van der Waals surface area contributed by atoms with Gasteiger partial charge in [-0.25, -0.2) is 0 Å². The maximum atomic E-state index is 12.8. The molecule has 0 atom stereocenters. The van der Waals surface area contributed by atoms with E-state index in [-0.39, 0.29) is 17.7 Å². The molecule has 0 aromatic heterocycles. The third-order valence-electron chi connectivity index (χ3n) is 4.87. The number of carbonyl (C=O) groups is 2. The predicted octanol–water partition coefficient (Wildman–Crippen LogP) is 3.89. The average molecular weight is 382 g/mol. The lowest BCUT2D eigenvalue weighted by atomic mass is 9.99. The van der Waals surface area contributed by atoms with E-state index >= 15 is 0 Å². The summed E-state index contributed by atoms with van der Waals surface area (Å²) in [4.78, 5) is 27.2. The van der Waals surface area contributed by atoms with E-state index in [2.05, 4.69) is 5.32 Å². The second kappa shape index (κ2) is 8.33. The summed E-state index contributed by atoms with van der Waals surface area (Å²) in [6.07, 6.45) is 1.87. The number of fused-ring (bicyclic) bond motifs is 1. The van der Waals surface area contributed by atoms with E-state index in [1.807, 2.05) is 36.9 Å². The van der Waals surface area contributed by atoms with Crippen LogP contribution in [-0.2, 0) is 11.2 Å². The van der Waals surface area contributed by atoms with Gasteiger partial charge in [-0.3, -0.25) is 9.59 Å². The monoisotopic (exact) mass is 382 g/mol. The molecule has 6 heteroatoms. The minimum Gasteiger partial charge on any atom is -0.493 e. The zero-order valence-electron chi connectivity index (χ0n) is 16.7. The van der Waals surface area contributed by atoms with Crippen molar-refractivity contribution in [1.82, 2.24) is 0 Å². The summed E-state index contributed by atoms with van der Waals surface area (Å²) in [7, 11) is 3.03. The Morgan fingerprint density at radius 1 is 1.11 bits per heavy atom. The van der Waals surface area contributed by atoms with Crippen LogP contribution < -0.4 is 19.7 Å². The number of para-hydroxylation sites is 1. The molecular formula is C22H26N2O4. The van der Waals surface area contributed by atoms with E-state index < -0.39 is 0 Å². The molecule has 3 rings (SSSR count). The lowest BCUT2D eigenvalue weighted by molar-refractivity contribution is -0.121. The van der Waals surface area contributed by atoms with E-state index in [1.165, 1.54) is 14.2 Å². The van der Waals surface area contributed by atoms with Gasteiger partial charge in [-0.15, -0.1) is 0 Å². The normalized spacial score (nSPS) is 13.1. The zero-order chi connectivity index (χ0) is 20.3. The van der Waals surface area contributed by atoms with Crippen molar-refractivity contribution < 1.29 is 19.1 Å². The fourth-order valence-corrected chi connectivity index (χ4v) is 3.46. The van der Waals surface area contributed by atoms with Gasteiger partial charge in [-0.1, -0.05) is 26.0 Å². The van der Waals surface area contributed by atoms with Crippen LogP contribution in [0.1, 0.15) is 36.2 Å². The third kappa shape index (κ3) is 3.81. The molecule has 0 unspecified atom stereocenters. The maximum absolute atomic E-state index is 12.8. The fourth-order valence-electron chi connectivity index (χ4n) is 3.46. The number of rotatable bonds is 5. The number of anilines is 2. The third-order valence-corrected chi connectivity index (χ3v) is 4.87. The second-order valence-electron chi connectivity index (χ2n) is 7.09. The van der Waals surface area contributed by atoms with Gasteiger partial charge in [-0.2, -0.15) is 0 Å². The summed E-state index contributed by atoms with van der Waals surface area (Å²) in [6, 6.07) is 10.9. The Bertz CT molecular complexity index is 892. The molecule has 28 heavy (non-hydrogen) atoms. The summed E-state index contributed by atoms with van der Waals surface area (Å²) < 4.78 is 10.6. The number of methoxy groups -OCH3 is 2. The Labute approximate surface area is 165 Å². The molecule has 2 aromatic rings. The molecule has 0 bridgehead atoms. The van der Waals surface area contributed by atoms with Gasteiger partial charge < -0.3 is 19.7 Å². The van der Waals surface area contributed by atoms with Crippen molar-refractivity contribution in [1.29, 1.82) is 0 Å². The first-order valence-corrected chi connectivity index (χ1v) is 9.43. The van der Waals surface area contributed by atoms with Crippen molar-refractivity contribution >= 4 is 23.2 Å². The summed E-state index contributed by atoms with van der Waals surface area (Å²) in [5.74, 6) is 0.601. The van der Waals surface area contributed by atoms with E-state index in [0.717, 1.165) is 24.1 Å². The zero-order valence-corrected chi connectivity index (χ0v) is 16.7. The summed E-state index contributed by atoms with van der Waals surface area (Å²) in [5.41, 5.74) is 3.02. The Balaban J connectivity index is 1.89. The van der Waals surface area contributed by atoms with Gasteiger partial charge in [0.1, 0.15) is 0 Å². The Morgan fingerprint density at radius 2 is 1.89 bits per heavy atom.